The van der Waals surface area contributed by atoms with Crippen LogP contribution < -0.4 is 15.6 Å². The Balaban J connectivity index is 1.81. The number of amides is 1. The Bertz CT molecular complexity index is 1240. The van der Waals surface area contributed by atoms with E-state index in [0.29, 0.717) is 24.2 Å². The monoisotopic (exact) mass is 543 g/mol. The summed E-state index contributed by atoms with van der Waals surface area (Å²) in [7, 11) is 1.59. The zero-order valence-electron chi connectivity index (χ0n) is 19.6. The molecule has 35 heavy (non-hydrogen) atoms. The number of nitrogens with zero attached hydrogens (tertiary/aromatic N) is 2. The van der Waals surface area contributed by atoms with Gasteiger partial charge in [0.05, 0.1) is 13.2 Å². The summed E-state index contributed by atoms with van der Waals surface area (Å²) in [4.78, 5) is 42.9. The Morgan fingerprint density at radius 1 is 1.09 bits per heavy atom. The molecule has 0 fully saturated rings. The van der Waals surface area contributed by atoms with E-state index >= 15 is 0 Å². The Hall–Kier alpha value is -3.33. The van der Waals surface area contributed by atoms with Crippen LogP contribution in [0.5, 0.6) is 5.75 Å². The van der Waals surface area contributed by atoms with Crippen molar-refractivity contribution in [2.75, 3.05) is 13.2 Å². The predicted octanol–water partition coefficient (Wildman–Crippen LogP) is 3.99. The number of Topliss-reactive ketones (excluding diaryl/α,β-unsaturated/α-hetero) is 1. The number of hydrogen-bond donors (Lipinski definition) is 1. The van der Waals surface area contributed by atoms with Gasteiger partial charge in [0.25, 0.3) is 11.5 Å². The van der Waals surface area contributed by atoms with E-state index in [-0.39, 0.29) is 42.6 Å². The second kappa shape index (κ2) is 12.4. The summed E-state index contributed by atoms with van der Waals surface area (Å²) in [6.07, 6.45) is 1.94. The van der Waals surface area contributed by atoms with Crippen LogP contribution in [0.15, 0.2) is 57.8 Å². The van der Waals surface area contributed by atoms with Crippen molar-refractivity contribution >= 4 is 27.6 Å². The number of unbranched alkanes of at least 4 members (excludes halogenated alkanes) is 1. The highest BCUT2D eigenvalue weighted by Crippen LogP contribution is 2.16. The molecule has 0 saturated heterocycles. The molecule has 0 aliphatic heterocycles. The summed E-state index contributed by atoms with van der Waals surface area (Å²) in [5.41, 5.74) is 0.936. The predicted molar refractivity (Wildman–Crippen MR) is 134 cm³/mol. The molecule has 9 heteroatoms. The van der Waals surface area contributed by atoms with Crippen molar-refractivity contribution in [3.63, 3.8) is 0 Å². The number of hydrogen-bond acceptors (Lipinski definition) is 5. The maximum absolute atomic E-state index is 13.1. The van der Waals surface area contributed by atoms with Crippen LogP contribution in [0.4, 0.5) is 4.39 Å². The molecule has 0 aliphatic rings. The van der Waals surface area contributed by atoms with E-state index in [1.807, 2.05) is 31.2 Å². The normalized spacial score (nSPS) is 10.7. The van der Waals surface area contributed by atoms with Crippen LogP contribution in [-0.2, 0) is 24.7 Å². The van der Waals surface area contributed by atoms with Gasteiger partial charge in [-0.25, -0.2) is 9.37 Å². The average molecular weight is 544 g/mol. The van der Waals surface area contributed by atoms with Crippen LogP contribution in [-0.4, -0.2) is 34.4 Å². The SMILES string of the molecule is CCCCOc1c(C(=O)NCC(=O)Cc2ccc(F)cc2)nc(Cc2ccc(Br)cc2)n(C)c1=O. The molecule has 1 heterocycles. The molecule has 0 saturated carbocycles. The fourth-order valence-electron chi connectivity index (χ4n) is 3.33. The van der Waals surface area contributed by atoms with E-state index in [1.165, 1.54) is 28.8 Å². The number of ketones is 1. The number of nitrogens with one attached hydrogen (secondary N) is 1. The minimum atomic E-state index is -0.668. The lowest BCUT2D eigenvalue weighted by Gasteiger charge is -2.15. The minimum Gasteiger partial charge on any atom is -0.486 e. The number of aromatic nitrogens is 2. The number of ether oxygens (including phenoxy) is 1. The van der Waals surface area contributed by atoms with Gasteiger partial charge in [-0.05, 0) is 41.8 Å². The van der Waals surface area contributed by atoms with Gasteiger partial charge in [0, 0.05) is 24.4 Å². The molecule has 184 valence electrons. The summed E-state index contributed by atoms with van der Waals surface area (Å²) in [6.45, 7) is 1.99. The summed E-state index contributed by atoms with van der Waals surface area (Å²) < 4.78 is 21.0. The first-order valence-electron chi connectivity index (χ1n) is 11.3. The molecule has 0 radical (unpaired) electrons. The van der Waals surface area contributed by atoms with Crippen LogP contribution in [0, 0.1) is 5.82 Å². The molecule has 0 aliphatic carbocycles. The van der Waals surface area contributed by atoms with E-state index in [4.69, 9.17) is 4.74 Å². The van der Waals surface area contributed by atoms with Crippen LogP contribution >= 0.6 is 15.9 Å². The third-order valence-corrected chi connectivity index (χ3v) is 5.87. The van der Waals surface area contributed by atoms with Crippen LogP contribution in [0.3, 0.4) is 0 Å². The zero-order chi connectivity index (χ0) is 25.4. The molecule has 0 spiro atoms. The van der Waals surface area contributed by atoms with Gasteiger partial charge in [0.15, 0.2) is 11.5 Å². The zero-order valence-corrected chi connectivity index (χ0v) is 21.2. The van der Waals surface area contributed by atoms with Crippen molar-refractivity contribution < 1.29 is 18.7 Å². The first-order valence-corrected chi connectivity index (χ1v) is 12.1. The van der Waals surface area contributed by atoms with E-state index in [2.05, 4.69) is 26.2 Å². The number of carbonyl (C=O) groups excluding carboxylic acids is 2. The lowest BCUT2D eigenvalue weighted by atomic mass is 10.1. The Kier molecular flexibility index (Phi) is 9.31. The Morgan fingerprint density at radius 2 is 1.74 bits per heavy atom. The van der Waals surface area contributed by atoms with E-state index in [9.17, 15) is 18.8 Å². The smallest absolute Gasteiger partial charge is 0.296 e. The van der Waals surface area contributed by atoms with Gasteiger partial charge in [-0.2, -0.15) is 0 Å². The molecule has 1 amide bonds. The molecule has 3 aromatic rings. The highest BCUT2D eigenvalue weighted by atomic mass is 79.9. The van der Waals surface area contributed by atoms with Gasteiger partial charge < -0.3 is 10.1 Å². The molecule has 1 aromatic heterocycles. The summed E-state index contributed by atoms with van der Waals surface area (Å²) in [6, 6.07) is 13.2. The first-order chi connectivity index (χ1) is 16.8. The van der Waals surface area contributed by atoms with E-state index in [0.717, 1.165) is 16.5 Å². The molecule has 0 atom stereocenters. The maximum Gasteiger partial charge on any atom is 0.296 e. The van der Waals surface area contributed by atoms with Gasteiger partial charge in [-0.15, -0.1) is 0 Å². The van der Waals surface area contributed by atoms with Crippen LogP contribution in [0.2, 0.25) is 0 Å². The van der Waals surface area contributed by atoms with Crippen molar-refractivity contribution in [2.24, 2.45) is 7.05 Å². The fraction of sp³-hybridized carbons (Fsp3) is 0.308. The number of halogens is 2. The molecule has 1 N–H and O–H groups in total. The van der Waals surface area contributed by atoms with Gasteiger partial charge >= 0.3 is 0 Å². The lowest BCUT2D eigenvalue weighted by molar-refractivity contribution is -0.117. The molecule has 7 nitrogen and oxygen atoms in total. The molecular weight excluding hydrogens is 517 g/mol. The lowest BCUT2D eigenvalue weighted by Crippen LogP contribution is -2.35. The van der Waals surface area contributed by atoms with E-state index < -0.39 is 11.5 Å². The summed E-state index contributed by atoms with van der Waals surface area (Å²) >= 11 is 3.40. The molecule has 3 rings (SSSR count). The Morgan fingerprint density at radius 3 is 2.40 bits per heavy atom. The maximum atomic E-state index is 13.1. The Labute approximate surface area is 211 Å². The van der Waals surface area contributed by atoms with Crippen molar-refractivity contribution in [3.05, 3.63) is 91.8 Å². The van der Waals surface area contributed by atoms with Gasteiger partial charge in [-0.3, -0.25) is 19.0 Å². The van der Waals surface area contributed by atoms with Crippen molar-refractivity contribution in [1.29, 1.82) is 0 Å². The highest BCUT2D eigenvalue weighted by molar-refractivity contribution is 9.10. The van der Waals surface area contributed by atoms with Crippen molar-refractivity contribution in [1.82, 2.24) is 14.9 Å². The van der Waals surface area contributed by atoms with E-state index in [1.54, 1.807) is 7.05 Å². The van der Waals surface area contributed by atoms with Crippen LogP contribution in [0.1, 0.15) is 47.2 Å². The fourth-order valence-corrected chi connectivity index (χ4v) is 3.59. The third kappa shape index (κ3) is 7.32. The number of benzene rings is 2. The number of carbonyl (C=O) groups is 2. The van der Waals surface area contributed by atoms with Crippen LogP contribution in [0.25, 0.3) is 0 Å². The van der Waals surface area contributed by atoms with Crippen molar-refractivity contribution in [2.45, 2.75) is 32.6 Å². The van der Waals surface area contributed by atoms with Gasteiger partial charge in [0.2, 0.25) is 5.75 Å². The summed E-state index contributed by atoms with van der Waals surface area (Å²) in [5, 5.41) is 2.55. The molecular formula is C26H27BrFN3O4. The molecule has 0 unspecified atom stereocenters. The van der Waals surface area contributed by atoms with Gasteiger partial charge in [-0.1, -0.05) is 53.5 Å². The van der Waals surface area contributed by atoms with Gasteiger partial charge in [0.1, 0.15) is 11.6 Å². The topological polar surface area (TPSA) is 90.3 Å². The third-order valence-electron chi connectivity index (χ3n) is 5.34. The molecule has 0 bridgehead atoms. The highest BCUT2D eigenvalue weighted by Gasteiger charge is 2.22. The molecule has 2 aromatic carbocycles. The average Bonchev–Trinajstić information content (AvgIpc) is 2.84. The minimum absolute atomic E-state index is 0.0409. The second-order valence-corrected chi connectivity index (χ2v) is 9.02. The standard InChI is InChI=1S/C26H27BrFN3O4/c1-3-4-13-35-24-23(25(33)29-16-21(32)14-17-7-11-20(28)12-8-17)30-22(31(2)26(24)34)15-18-5-9-19(27)10-6-18/h5-12H,3-4,13-16H2,1-2H3,(H,29,33). The summed E-state index contributed by atoms with van der Waals surface area (Å²) in [5.74, 6) is -1.07. The quantitative estimate of drug-likeness (QED) is 0.369. The first kappa shape index (κ1) is 26.3. The second-order valence-electron chi connectivity index (χ2n) is 8.10. The largest absolute Gasteiger partial charge is 0.486 e. The number of rotatable bonds is 11. The van der Waals surface area contributed by atoms with Crippen molar-refractivity contribution in [3.8, 4) is 5.75 Å².